The maximum Gasteiger partial charge on any atom is 0.261 e. The van der Waals surface area contributed by atoms with E-state index in [1.165, 1.54) is 13.5 Å². The molecule has 4 aromatic heterocycles. The van der Waals surface area contributed by atoms with Gasteiger partial charge in [0.05, 0.1) is 0 Å². The van der Waals surface area contributed by atoms with Gasteiger partial charge in [0.2, 0.25) is 10.6 Å². The first-order chi connectivity index (χ1) is 12.0. The third kappa shape index (κ3) is 2.06. The molecule has 0 aliphatic carbocycles. The van der Waals surface area contributed by atoms with Crippen LogP contribution >= 0.6 is 23.2 Å². The lowest BCUT2D eigenvalue weighted by Crippen LogP contribution is -2.06. The van der Waals surface area contributed by atoms with Gasteiger partial charge in [-0.1, -0.05) is 0 Å². The molecular formula is C12H3Cl2F2N9. The Morgan fingerprint density at radius 1 is 0.680 bits per heavy atom. The number of benzene rings is 1. The van der Waals surface area contributed by atoms with Crippen LogP contribution in [0.15, 0.2) is 18.2 Å². The molecular weight excluding hydrogens is 379 g/mol. The predicted octanol–water partition coefficient (Wildman–Crippen LogP) is 2.07. The summed E-state index contributed by atoms with van der Waals surface area (Å²) in [4.78, 5) is 12.3. The van der Waals surface area contributed by atoms with Gasteiger partial charge in [0.1, 0.15) is 11.6 Å². The Morgan fingerprint density at radius 2 is 1.16 bits per heavy atom. The molecule has 0 saturated heterocycles. The Kier molecular flexibility index (Phi) is 2.77. The molecule has 0 radical (unpaired) electrons. The van der Waals surface area contributed by atoms with E-state index in [1.54, 1.807) is 0 Å². The lowest BCUT2D eigenvalue weighted by molar-refractivity contribution is 0.584. The van der Waals surface area contributed by atoms with Crippen LogP contribution < -0.4 is 0 Å². The molecule has 1 aromatic carbocycles. The van der Waals surface area contributed by atoms with Crippen molar-refractivity contribution >= 4 is 40.5 Å². The number of hydrogen-bond donors (Lipinski definition) is 0. The normalized spacial score (nSPS) is 12.0. The molecule has 9 nitrogen and oxygen atoms in total. The Morgan fingerprint density at radius 3 is 1.72 bits per heavy atom. The summed E-state index contributed by atoms with van der Waals surface area (Å²) >= 11 is 11.7. The highest BCUT2D eigenvalue weighted by Gasteiger charge is 2.20. The third-order valence-electron chi connectivity index (χ3n) is 3.41. The van der Waals surface area contributed by atoms with Gasteiger partial charge < -0.3 is 0 Å². The van der Waals surface area contributed by atoms with Crippen molar-refractivity contribution in [1.29, 1.82) is 0 Å². The molecule has 0 N–H and O–H groups in total. The first kappa shape index (κ1) is 14.4. The van der Waals surface area contributed by atoms with Crippen molar-refractivity contribution in [2.75, 3.05) is 0 Å². The van der Waals surface area contributed by atoms with Crippen LogP contribution in [0, 0.1) is 11.6 Å². The monoisotopic (exact) mass is 381 g/mol. The largest absolute Gasteiger partial charge is 0.261 e. The number of aromatic nitrogens is 9. The van der Waals surface area contributed by atoms with Crippen LogP contribution in [0.5, 0.6) is 0 Å². The molecule has 25 heavy (non-hydrogen) atoms. The fourth-order valence-corrected chi connectivity index (χ4v) is 2.78. The van der Waals surface area contributed by atoms with Gasteiger partial charge in [-0.2, -0.15) is 28.5 Å². The zero-order valence-corrected chi connectivity index (χ0v) is 13.3. The molecule has 5 rings (SSSR count). The molecule has 0 aliphatic rings. The van der Waals surface area contributed by atoms with Gasteiger partial charge >= 0.3 is 0 Å². The van der Waals surface area contributed by atoms with Gasteiger partial charge in [-0.15, -0.1) is 15.3 Å². The van der Waals surface area contributed by atoms with Crippen molar-refractivity contribution in [2.24, 2.45) is 0 Å². The second-order valence-corrected chi connectivity index (χ2v) is 5.67. The van der Waals surface area contributed by atoms with Crippen LogP contribution in [0.3, 0.4) is 0 Å². The minimum absolute atomic E-state index is 0.0534. The lowest BCUT2D eigenvalue weighted by atomic mass is 10.2. The van der Waals surface area contributed by atoms with E-state index in [4.69, 9.17) is 23.2 Å². The molecule has 0 saturated carbocycles. The average molecular weight is 382 g/mol. The number of hydrogen-bond acceptors (Lipinski definition) is 6. The Balaban J connectivity index is 1.93. The van der Waals surface area contributed by atoms with Crippen LogP contribution in [0.4, 0.5) is 8.78 Å². The summed E-state index contributed by atoms with van der Waals surface area (Å²) in [6.07, 6.45) is 0. The van der Waals surface area contributed by atoms with Gasteiger partial charge in [0.15, 0.2) is 5.82 Å². The van der Waals surface area contributed by atoms with Crippen molar-refractivity contribution in [1.82, 2.24) is 43.8 Å². The zero-order valence-electron chi connectivity index (χ0n) is 11.8. The van der Waals surface area contributed by atoms with E-state index in [0.29, 0.717) is 0 Å². The molecule has 0 bridgehead atoms. The fraction of sp³-hybridized carbons (Fsp3) is 0. The molecule has 13 heteroatoms. The van der Waals surface area contributed by atoms with E-state index in [0.717, 1.165) is 18.2 Å². The summed E-state index contributed by atoms with van der Waals surface area (Å²) < 4.78 is 30.8. The third-order valence-corrected chi connectivity index (χ3v) is 3.73. The minimum Gasteiger partial charge on any atom is -0.207 e. The van der Waals surface area contributed by atoms with Crippen molar-refractivity contribution in [3.8, 4) is 11.4 Å². The predicted molar refractivity (Wildman–Crippen MR) is 81.4 cm³/mol. The average Bonchev–Trinajstić information content (AvgIpc) is 3.20. The molecule has 0 aliphatic heterocycles. The Bertz CT molecular complexity index is 1210. The molecule has 124 valence electrons. The summed E-state index contributed by atoms with van der Waals surface area (Å²) in [5.74, 6) is -0.885. The molecule has 5 aromatic rings. The van der Waals surface area contributed by atoms with Crippen molar-refractivity contribution < 1.29 is 8.78 Å². The summed E-state index contributed by atoms with van der Waals surface area (Å²) in [6, 6.07) is 2.97. The van der Waals surface area contributed by atoms with Crippen LogP contribution in [0.2, 0.25) is 10.6 Å². The SMILES string of the molecule is Fc1cc(F)cc(-c2nc3n4nc(Cl)nc4n4nc(Cl)nc4n3n2)c1. The molecule has 0 amide bonds. The van der Waals surface area contributed by atoms with E-state index >= 15 is 0 Å². The van der Waals surface area contributed by atoms with E-state index < -0.39 is 11.6 Å². The van der Waals surface area contributed by atoms with E-state index in [1.807, 2.05) is 0 Å². The van der Waals surface area contributed by atoms with Crippen molar-refractivity contribution in [3.63, 3.8) is 0 Å². The van der Waals surface area contributed by atoms with Gasteiger partial charge in [-0.25, -0.2) is 8.78 Å². The standard InChI is InChI=1S/C12H3Cl2F2N9/c13-8-18-11-23-10(24-12(25(11)22-8)19-9(14)21-24)17-7(20-23)4-1-5(15)3-6(16)2-4/h1-3H. The van der Waals surface area contributed by atoms with Crippen molar-refractivity contribution in [3.05, 3.63) is 40.4 Å². The first-order valence-electron chi connectivity index (χ1n) is 6.69. The van der Waals surface area contributed by atoms with Gasteiger partial charge in [-0.05, 0) is 35.3 Å². The second kappa shape index (κ2) is 4.80. The molecule has 0 fully saturated rings. The van der Waals surface area contributed by atoms with Gasteiger partial charge in [-0.3, -0.25) is 0 Å². The first-order valence-corrected chi connectivity index (χ1v) is 7.45. The number of nitrogens with zero attached hydrogens (tertiary/aromatic N) is 9. The minimum atomic E-state index is -0.751. The summed E-state index contributed by atoms with van der Waals surface area (Å²) in [7, 11) is 0. The number of fused-ring (bicyclic) bond motifs is 6. The number of halogens is 4. The number of rotatable bonds is 1. The van der Waals surface area contributed by atoms with Crippen LogP contribution in [-0.4, -0.2) is 43.8 Å². The van der Waals surface area contributed by atoms with Crippen molar-refractivity contribution in [2.45, 2.75) is 0 Å². The topological polar surface area (TPSA) is 90.6 Å². The highest BCUT2D eigenvalue weighted by Crippen LogP contribution is 2.21. The second-order valence-electron chi connectivity index (χ2n) is 4.99. The summed E-state index contributed by atoms with van der Waals surface area (Å²) in [5.41, 5.74) is 0.143. The Hall–Kier alpha value is -2.92. The van der Waals surface area contributed by atoms with Crippen LogP contribution in [0.25, 0.3) is 28.7 Å². The summed E-state index contributed by atoms with van der Waals surface area (Å²) in [5, 5.41) is 12.1. The lowest BCUT2D eigenvalue weighted by Gasteiger charge is -1.96. The quantitative estimate of drug-likeness (QED) is 0.441. The van der Waals surface area contributed by atoms with E-state index in [-0.39, 0.29) is 39.3 Å². The maximum absolute atomic E-state index is 13.5. The highest BCUT2D eigenvalue weighted by atomic mass is 35.5. The van der Waals surface area contributed by atoms with Crippen LogP contribution in [0.1, 0.15) is 0 Å². The van der Waals surface area contributed by atoms with E-state index in [9.17, 15) is 8.78 Å². The summed E-state index contributed by atoms with van der Waals surface area (Å²) in [6.45, 7) is 0. The van der Waals surface area contributed by atoms with E-state index in [2.05, 4.69) is 30.2 Å². The van der Waals surface area contributed by atoms with Gasteiger partial charge in [0, 0.05) is 11.6 Å². The molecule has 4 heterocycles. The Labute approximate surface area is 145 Å². The molecule has 0 unspecified atom stereocenters. The molecule has 0 spiro atoms. The fourth-order valence-electron chi connectivity index (χ4n) is 2.48. The maximum atomic E-state index is 13.5. The smallest absolute Gasteiger partial charge is 0.207 e. The zero-order chi connectivity index (χ0) is 17.3. The van der Waals surface area contributed by atoms with Gasteiger partial charge in [0.25, 0.3) is 17.3 Å². The van der Waals surface area contributed by atoms with Crippen LogP contribution in [-0.2, 0) is 0 Å². The molecule has 0 atom stereocenters. The highest BCUT2D eigenvalue weighted by molar-refractivity contribution is 6.28.